The molecular formula is C48H86N12O15S2. The first-order valence-corrected chi connectivity index (χ1v) is 27.1. The summed E-state index contributed by atoms with van der Waals surface area (Å²) in [5.41, 5.74) is 3.82. The van der Waals surface area contributed by atoms with Crippen molar-refractivity contribution < 1.29 is 72.1 Å². The molecule has 0 aromatic carbocycles. The van der Waals surface area contributed by atoms with Crippen LogP contribution in [-0.4, -0.2) is 220 Å². The van der Waals surface area contributed by atoms with Crippen LogP contribution in [0.15, 0.2) is 0 Å². The number of hydrogen-bond acceptors (Lipinski definition) is 17. The number of likely N-dealkylation sites (N-methyl/N-ethyl adjacent to an activating group) is 4. The molecular weight excluding hydrogens is 1050 g/mol. The van der Waals surface area contributed by atoms with E-state index in [0.717, 1.165) is 43.1 Å². The van der Waals surface area contributed by atoms with E-state index >= 15 is 0 Å². The summed E-state index contributed by atoms with van der Waals surface area (Å²) in [6.07, 6.45) is -2.00. The summed E-state index contributed by atoms with van der Waals surface area (Å²) < 4.78 is 10.6. The number of nitrogens with two attached hydrogens (primary N) is 1. The second-order valence-corrected chi connectivity index (χ2v) is 22.9. The van der Waals surface area contributed by atoms with Crippen molar-refractivity contribution in [1.82, 2.24) is 56.8 Å². The minimum absolute atomic E-state index is 0.0366. The molecule has 0 saturated heterocycles. The summed E-state index contributed by atoms with van der Waals surface area (Å²) in [5.74, 6) is -8.89. The number of ether oxygens (including phenoxy) is 2. The van der Waals surface area contributed by atoms with E-state index in [-0.39, 0.29) is 41.6 Å². The van der Waals surface area contributed by atoms with E-state index in [1.807, 2.05) is 0 Å². The molecule has 0 unspecified atom stereocenters. The van der Waals surface area contributed by atoms with Gasteiger partial charge in [-0.25, -0.2) is 14.4 Å². The van der Waals surface area contributed by atoms with Gasteiger partial charge in [0.05, 0.1) is 11.8 Å². The highest BCUT2D eigenvalue weighted by molar-refractivity contribution is 7.99. The fourth-order valence-corrected chi connectivity index (χ4v) is 9.25. The monoisotopic (exact) mass is 1130 g/mol. The van der Waals surface area contributed by atoms with Crippen LogP contribution < -0.4 is 43.0 Å². The Morgan fingerprint density at radius 1 is 0.506 bits per heavy atom. The van der Waals surface area contributed by atoms with Crippen LogP contribution in [0.25, 0.3) is 0 Å². The lowest BCUT2D eigenvalue weighted by Crippen LogP contribution is -2.61. The van der Waals surface area contributed by atoms with E-state index in [9.17, 15) is 62.6 Å². The predicted molar refractivity (Wildman–Crippen MR) is 289 cm³/mol. The Morgan fingerprint density at radius 3 is 1.18 bits per heavy atom. The second-order valence-electron chi connectivity index (χ2n) is 20.9. The molecule has 0 aliphatic rings. The molecule has 0 rings (SSSR count). The topological polar surface area (TPSA) is 367 Å². The van der Waals surface area contributed by atoms with Crippen molar-refractivity contribution in [2.24, 2.45) is 17.6 Å². The lowest BCUT2D eigenvalue weighted by Gasteiger charge is -2.37. The van der Waals surface area contributed by atoms with Gasteiger partial charge in [-0.2, -0.15) is 0 Å². The van der Waals surface area contributed by atoms with Crippen LogP contribution in [0.4, 0.5) is 9.59 Å². The fraction of sp³-hybridized carbons (Fsp3) is 0.750. The van der Waals surface area contributed by atoms with Crippen LogP contribution in [0.3, 0.4) is 0 Å². The molecule has 8 atom stereocenters. The molecule has 0 heterocycles. The average Bonchev–Trinajstić information content (AvgIpc) is 3.28. The second kappa shape index (κ2) is 32.6. The molecule has 27 nitrogen and oxygen atoms in total. The van der Waals surface area contributed by atoms with Crippen molar-refractivity contribution in [2.75, 3.05) is 64.5 Å². The van der Waals surface area contributed by atoms with E-state index in [2.05, 4.69) is 37.2 Å². The van der Waals surface area contributed by atoms with Crippen LogP contribution in [0.5, 0.6) is 0 Å². The van der Waals surface area contributed by atoms with Crippen LogP contribution in [0.1, 0.15) is 96.9 Å². The van der Waals surface area contributed by atoms with Gasteiger partial charge in [0.15, 0.2) is 0 Å². The summed E-state index contributed by atoms with van der Waals surface area (Å²) >= 11 is 2.17. The Hall–Kier alpha value is -6.10. The van der Waals surface area contributed by atoms with Crippen LogP contribution >= 0.6 is 23.5 Å². The van der Waals surface area contributed by atoms with E-state index in [4.69, 9.17) is 15.2 Å². The number of carboxylic acid groups (broad SMARTS) is 1. The van der Waals surface area contributed by atoms with E-state index < -0.39 is 137 Å². The van der Waals surface area contributed by atoms with E-state index in [0.29, 0.717) is 0 Å². The Morgan fingerprint density at radius 2 is 0.857 bits per heavy atom. The number of alkyl carbamates (subject to hydrolysis) is 2. The van der Waals surface area contributed by atoms with Crippen LogP contribution in [-0.2, 0) is 57.4 Å². The number of nitrogens with zero attached hydrogens (tertiary/aromatic N) is 4. The van der Waals surface area contributed by atoms with Gasteiger partial charge in [0.1, 0.15) is 59.5 Å². The molecule has 77 heavy (non-hydrogen) atoms. The van der Waals surface area contributed by atoms with Crippen molar-refractivity contribution in [2.45, 2.75) is 156 Å². The lowest BCUT2D eigenvalue weighted by molar-refractivity contribution is -0.154. The summed E-state index contributed by atoms with van der Waals surface area (Å²) in [6, 6.07) is -10.7. The first-order valence-electron chi connectivity index (χ1n) is 24.8. The molecule has 0 aromatic heterocycles. The summed E-state index contributed by atoms with van der Waals surface area (Å²) in [5, 5.41) is 27.4. The third-order valence-corrected chi connectivity index (χ3v) is 12.9. The van der Waals surface area contributed by atoms with Gasteiger partial charge in [-0.05, 0) is 67.2 Å². The maximum absolute atomic E-state index is 14.5. The number of amides is 11. The molecule has 0 aliphatic heterocycles. The zero-order chi connectivity index (χ0) is 60.0. The third-order valence-electron chi connectivity index (χ3n) is 11.1. The van der Waals surface area contributed by atoms with E-state index in [1.165, 1.54) is 55.9 Å². The molecule has 11 amide bonds. The van der Waals surface area contributed by atoms with Crippen LogP contribution in [0, 0.1) is 11.8 Å². The van der Waals surface area contributed by atoms with Crippen LogP contribution in [0.2, 0.25) is 0 Å². The molecule has 29 heteroatoms. The summed E-state index contributed by atoms with van der Waals surface area (Å²) in [7, 11) is 5.21. The van der Waals surface area contributed by atoms with Crippen molar-refractivity contribution in [1.29, 1.82) is 0 Å². The van der Waals surface area contributed by atoms with Gasteiger partial charge < -0.3 is 77.1 Å². The highest BCUT2D eigenvalue weighted by Crippen LogP contribution is 2.19. The zero-order valence-corrected chi connectivity index (χ0v) is 49.5. The Bertz CT molecular complexity index is 2090. The van der Waals surface area contributed by atoms with Gasteiger partial charge in [-0.15, -0.1) is 23.5 Å². The number of thioether (sulfide) groups is 2. The maximum Gasteiger partial charge on any atom is 0.408 e. The van der Waals surface area contributed by atoms with Crippen molar-refractivity contribution in [3.05, 3.63) is 0 Å². The molecule has 0 fully saturated rings. The maximum atomic E-state index is 14.5. The van der Waals surface area contributed by atoms with Gasteiger partial charge in [0.25, 0.3) is 0 Å². The molecule has 10 N–H and O–H groups in total. The van der Waals surface area contributed by atoms with E-state index in [1.54, 1.807) is 69.2 Å². The molecule has 0 aromatic rings. The molecule has 0 radical (unpaired) electrons. The summed E-state index contributed by atoms with van der Waals surface area (Å²) in [6.45, 7) is 20.3. The average molecular weight is 1140 g/mol. The number of aliphatic carboxylic acids is 1. The van der Waals surface area contributed by atoms with Gasteiger partial charge in [-0.1, -0.05) is 27.7 Å². The Kier molecular flexibility index (Phi) is 30.0. The minimum Gasteiger partial charge on any atom is -0.480 e. The van der Waals surface area contributed by atoms with Gasteiger partial charge in [0, 0.05) is 66.6 Å². The smallest absolute Gasteiger partial charge is 0.408 e. The Balaban J connectivity index is 6.82. The number of hydrogen-bond donors (Lipinski definition) is 9. The number of carboxylic acids is 1. The number of carbonyl (C=O) groups excluding carboxylic acids is 11. The third kappa shape index (κ3) is 25.3. The molecule has 0 bridgehead atoms. The van der Waals surface area contributed by atoms with Gasteiger partial charge in [0.2, 0.25) is 53.2 Å². The lowest BCUT2D eigenvalue weighted by atomic mass is 10.0. The zero-order valence-electron chi connectivity index (χ0n) is 47.9. The predicted octanol–water partition coefficient (Wildman–Crippen LogP) is -0.785. The van der Waals surface area contributed by atoms with Crippen molar-refractivity contribution >= 4 is 94.8 Å². The highest BCUT2D eigenvalue weighted by atomic mass is 32.2. The SMILES string of the molecule is CC(=O)NCSC[C@@H](C(=O)N(C)[C@H](C(=O)O)C(C)C)N(C)C(=O)[C@H](C)NC(=O)[C@@H](CNC(=O)[C@H](C(C)C)N(C)C(=O)[C@H](CSCNC(C)=O)N(C)C(=O)[C@H](C)NC(=O)[C@@H](CN)NC(=O)OC(C)(C)C)NC(=O)OC(C)(C)C. The summed E-state index contributed by atoms with van der Waals surface area (Å²) in [4.78, 5) is 163. The first kappa shape index (κ1) is 70.9. The first-order chi connectivity index (χ1) is 35.3. The van der Waals surface area contributed by atoms with Gasteiger partial charge in [-0.3, -0.25) is 43.2 Å². The minimum atomic E-state index is -1.63. The van der Waals surface area contributed by atoms with Crippen molar-refractivity contribution in [3.8, 4) is 0 Å². The molecule has 0 saturated carbocycles. The quantitative estimate of drug-likeness (QED) is 0.0328. The number of nitrogens with one attached hydrogen (secondary N) is 7. The molecule has 0 spiro atoms. The Labute approximate surface area is 460 Å². The highest BCUT2D eigenvalue weighted by Gasteiger charge is 2.40. The fourth-order valence-electron chi connectivity index (χ4n) is 7.23. The largest absolute Gasteiger partial charge is 0.480 e. The molecule has 440 valence electrons. The van der Waals surface area contributed by atoms with Crippen molar-refractivity contribution in [3.63, 3.8) is 0 Å². The standard InChI is InChI=1S/C48H86N12O15S2/c1-25(2)35(59(17)42(68)33(21-76-23-51-29(7)61)57(15)40(66)27(5)53-37(63)31(19-49)55-45(72)74-47(9,10)11)39(65)50-20-32(56-46(73)75-48(12,13)14)38(64)54-28(6)41(67)58(16)34(22-77-24-52-30(8)62)43(69)60(18)36(26(3)4)44(70)71/h25-28,31-36H,19-24,49H2,1-18H3,(H,50,65)(H,51,61)(H,52,62)(H,53,63)(H,54,64)(H,55,72)(H,56,73)(H,70,71)/t27-,28-,31+,32+,33-,34-,35-,36-/m0/s1. The number of rotatable bonds is 29. The number of carbonyl (C=O) groups is 12. The normalized spacial score (nSPS) is 14.6. The molecule has 0 aliphatic carbocycles. The van der Waals surface area contributed by atoms with Gasteiger partial charge >= 0.3 is 18.2 Å².